The van der Waals surface area contributed by atoms with Gasteiger partial charge in [-0.2, -0.15) is 5.10 Å². The van der Waals surface area contributed by atoms with E-state index in [0.717, 1.165) is 36.6 Å². The standard InChI is InChI=1S/C19H26N4O/c1-14(2)23-18(12-17(22-23)16-6-4-3-5-7-16)21-19(24)9-8-15-10-11-20-13-15/h3-7,12,14-15,20H,8-11,13H2,1-2H3,(H,21,24). The zero-order valence-corrected chi connectivity index (χ0v) is 14.5. The minimum Gasteiger partial charge on any atom is -0.316 e. The predicted octanol–water partition coefficient (Wildman–Crippen LogP) is 3.46. The van der Waals surface area contributed by atoms with Gasteiger partial charge in [-0.15, -0.1) is 0 Å². The number of aromatic nitrogens is 2. The highest BCUT2D eigenvalue weighted by Crippen LogP contribution is 2.25. The van der Waals surface area contributed by atoms with Crippen molar-refractivity contribution in [1.29, 1.82) is 0 Å². The molecule has 1 atom stereocenters. The van der Waals surface area contributed by atoms with E-state index in [-0.39, 0.29) is 11.9 Å². The normalized spacial score (nSPS) is 17.4. The molecule has 1 saturated heterocycles. The molecule has 1 fully saturated rings. The maximum atomic E-state index is 12.3. The largest absolute Gasteiger partial charge is 0.316 e. The number of carbonyl (C=O) groups is 1. The summed E-state index contributed by atoms with van der Waals surface area (Å²) in [6.07, 6.45) is 2.69. The molecule has 5 heteroatoms. The van der Waals surface area contributed by atoms with Crippen molar-refractivity contribution in [2.75, 3.05) is 18.4 Å². The van der Waals surface area contributed by atoms with Crippen molar-refractivity contribution in [2.45, 2.75) is 39.2 Å². The summed E-state index contributed by atoms with van der Waals surface area (Å²) in [6.45, 7) is 6.26. The van der Waals surface area contributed by atoms with Gasteiger partial charge in [-0.05, 0) is 45.7 Å². The van der Waals surface area contributed by atoms with Crippen LogP contribution in [0.25, 0.3) is 11.3 Å². The third kappa shape index (κ3) is 4.03. The minimum atomic E-state index is 0.0725. The summed E-state index contributed by atoms with van der Waals surface area (Å²) in [5.41, 5.74) is 1.95. The van der Waals surface area contributed by atoms with Crippen LogP contribution >= 0.6 is 0 Å². The lowest BCUT2D eigenvalue weighted by atomic mass is 10.0. The van der Waals surface area contributed by atoms with Crippen LogP contribution in [-0.2, 0) is 4.79 Å². The molecule has 0 radical (unpaired) electrons. The maximum absolute atomic E-state index is 12.3. The van der Waals surface area contributed by atoms with Crippen LogP contribution in [0.2, 0.25) is 0 Å². The Morgan fingerprint density at radius 3 is 2.83 bits per heavy atom. The molecule has 0 aliphatic carbocycles. The van der Waals surface area contributed by atoms with Crippen molar-refractivity contribution in [2.24, 2.45) is 5.92 Å². The molecule has 1 unspecified atom stereocenters. The number of carbonyl (C=O) groups excluding carboxylic acids is 1. The van der Waals surface area contributed by atoms with Crippen LogP contribution in [0.1, 0.15) is 39.2 Å². The molecule has 1 aliphatic heterocycles. The molecule has 0 bridgehead atoms. The quantitative estimate of drug-likeness (QED) is 0.854. The molecule has 128 valence electrons. The molecule has 2 aromatic rings. The first-order chi connectivity index (χ1) is 11.6. The summed E-state index contributed by atoms with van der Waals surface area (Å²) in [6, 6.07) is 12.2. The molecule has 1 amide bonds. The fourth-order valence-corrected chi connectivity index (χ4v) is 3.13. The molecular weight excluding hydrogens is 300 g/mol. The van der Waals surface area contributed by atoms with Gasteiger partial charge in [0, 0.05) is 24.1 Å². The highest BCUT2D eigenvalue weighted by molar-refractivity contribution is 5.90. The average Bonchev–Trinajstić information content (AvgIpc) is 3.23. The summed E-state index contributed by atoms with van der Waals surface area (Å²) in [4.78, 5) is 12.3. The van der Waals surface area contributed by atoms with Crippen molar-refractivity contribution in [3.05, 3.63) is 36.4 Å². The Balaban J connectivity index is 1.69. The summed E-state index contributed by atoms with van der Waals surface area (Å²) in [7, 11) is 0. The number of nitrogens with one attached hydrogen (secondary N) is 2. The van der Waals surface area contributed by atoms with Crippen LogP contribution in [0.4, 0.5) is 5.82 Å². The zero-order valence-electron chi connectivity index (χ0n) is 14.5. The summed E-state index contributed by atoms with van der Waals surface area (Å²) in [5.74, 6) is 1.48. The Morgan fingerprint density at radius 2 is 2.17 bits per heavy atom. The Bertz CT molecular complexity index is 672. The highest BCUT2D eigenvalue weighted by atomic mass is 16.1. The summed E-state index contributed by atoms with van der Waals surface area (Å²) >= 11 is 0. The number of rotatable bonds is 6. The van der Waals surface area contributed by atoms with E-state index in [9.17, 15) is 4.79 Å². The number of nitrogens with zero attached hydrogens (tertiary/aromatic N) is 2. The van der Waals surface area contributed by atoms with Crippen molar-refractivity contribution < 1.29 is 4.79 Å². The van der Waals surface area contributed by atoms with E-state index in [1.165, 1.54) is 6.42 Å². The second-order valence-corrected chi connectivity index (χ2v) is 6.76. The number of hydrogen-bond acceptors (Lipinski definition) is 3. The fourth-order valence-electron chi connectivity index (χ4n) is 3.13. The molecule has 5 nitrogen and oxygen atoms in total. The highest BCUT2D eigenvalue weighted by Gasteiger charge is 2.18. The first kappa shape index (κ1) is 16.7. The van der Waals surface area contributed by atoms with E-state index in [2.05, 4.69) is 29.6 Å². The molecule has 24 heavy (non-hydrogen) atoms. The lowest BCUT2D eigenvalue weighted by Crippen LogP contribution is -2.18. The summed E-state index contributed by atoms with van der Waals surface area (Å²) < 4.78 is 1.89. The SMILES string of the molecule is CC(C)n1nc(-c2ccccc2)cc1NC(=O)CCC1CCNC1. The molecule has 2 N–H and O–H groups in total. The number of hydrogen-bond donors (Lipinski definition) is 2. The number of benzene rings is 1. The van der Waals surface area contributed by atoms with Gasteiger partial charge in [0.15, 0.2) is 0 Å². The molecular formula is C19H26N4O. The fraction of sp³-hybridized carbons (Fsp3) is 0.474. The molecule has 3 rings (SSSR count). The van der Waals surface area contributed by atoms with Crippen molar-refractivity contribution in [3.8, 4) is 11.3 Å². The van der Waals surface area contributed by atoms with Crippen LogP contribution in [-0.4, -0.2) is 28.8 Å². The lowest BCUT2D eigenvalue weighted by Gasteiger charge is -2.12. The molecule has 2 heterocycles. The van der Waals surface area contributed by atoms with Gasteiger partial charge in [-0.25, -0.2) is 4.68 Å². The van der Waals surface area contributed by atoms with Crippen molar-refractivity contribution in [3.63, 3.8) is 0 Å². The lowest BCUT2D eigenvalue weighted by molar-refractivity contribution is -0.116. The molecule has 0 spiro atoms. The van der Waals surface area contributed by atoms with Gasteiger partial charge in [-0.1, -0.05) is 30.3 Å². The molecule has 0 saturated carbocycles. The second kappa shape index (κ2) is 7.62. The smallest absolute Gasteiger partial charge is 0.225 e. The first-order valence-electron chi connectivity index (χ1n) is 8.79. The molecule has 1 aromatic heterocycles. The maximum Gasteiger partial charge on any atom is 0.225 e. The Kier molecular flexibility index (Phi) is 5.30. The van der Waals surface area contributed by atoms with Gasteiger partial charge in [0.1, 0.15) is 5.82 Å². The third-order valence-corrected chi connectivity index (χ3v) is 4.50. The van der Waals surface area contributed by atoms with Gasteiger partial charge in [0.05, 0.1) is 5.69 Å². The van der Waals surface area contributed by atoms with Crippen LogP contribution in [0.5, 0.6) is 0 Å². The summed E-state index contributed by atoms with van der Waals surface area (Å²) in [5, 5.41) is 11.1. The minimum absolute atomic E-state index is 0.0725. The third-order valence-electron chi connectivity index (χ3n) is 4.50. The zero-order chi connectivity index (χ0) is 16.9. The van der Waals surface area contributed by atoms with Crippen LogP contribution < -0.4 is 10.6 Å². The van der Waals surface area contributed by atoms with Crippen molar-refractivity contribution >= 4 is 11.7 Å². The Morgan fingerprint density at radius 1 is 1.38 bits per heavy atom. The number of amides is 1. The van der Waals surface area contributed by atoms with Crippen LogP contribution in [0.15, 0.2) is 36.4 Å². The van der Waals surface area contributed by atoms with Gasteiger partial charge < -0.3 is 10.6 Å². The van der Waals surface area contributed by atoms with E-state index >= 15 is 0 Å². The van der Waals surface area contributed by atoms with Crippen LogP contribution in [0.3, 0.4) is 0 Å². The van der Waals surface area contributed by atoms with E-state index < -0.39 is 0 Å². The van der Waals surface area contributed by atoms with E-state index in [1.54, 1.807) is 0 Å². The Hall–Kier alpha value is -2.14. The number of anilines is 1. The average molecular weight is 326 g/mol. The molecule has 1 aliphatic rings. The molecule has 1 aromatic carbocycles. The van der Waals surface area contributed by atoms with E-state index in [1.807, 2.05) is 41.1 Å². The van der Waals surface area contributed by atoms with Gasteiger partial charge >= 0.3 is 0 Å². The predicted molar refractivity (Wildman–Crippen MR) is 96.9 cm³/mol. The first-order valence-corrected chi connectivity index (χ1v) is 8.79. The second-order valence-electron chi connectivity index (χ2n) is 6.76. The monoisotopic (exact) mass is 326 g/mol. The Labute approximate surface area is 143 Å². The topological polar surface area (TPSA) is 59.0 Å². The van der Waals surface area contributed by atoms with Crippen LogP contribution in [0, 0.1) is 5.92 Å². The van der Waals surface area contributed by atoms with Gasteiger partial charge in [-0.3, -0.25) is 4.79 Å². The van der Waals surface area contributed by atoms with Gasteiger partial charge in [0.2, 0.25) is 5.91 Å². The van der Waals surface area contributed by atoms with Gasteiger partial charge in [0.25, 0.3) is 0 Å². The van der Waals surface area contributed by atoms with E-state index in [0.29, 0.717) is 12.3 Å². The van der Waals surface area contributed by atoms with Crippen molar-refractivity contribution in [1.82, 2.24) is 15.1 Å². The van der Waals surface area contributed by atoms with E-state index in [4.69, 9.17) is 0 Å².